The number of carboxylic acids is 1. The van der Waals surface area contributed by atoms with Crippen LogP contribution in [0.25, 0.3) is 0 Å². The fourth-order valence-electron chi connectivity index (χ4n) is 6.56. The number of nitrogens with two attached hydrogens (primary N) is 2. The van der Waals surface area contributed by atoms with Crippen LogP contribution in [0.1, 0.15) is 134 Å². The lowest BCUT2D eigenvalue weighted by molar-refractivity contribution is -0.143. The maximum atomic E-state index is 14.0. The second-order valence-electron chi connectivity index (χ2n) is 18.4. The fourth-order valence-corrected chi connectivity index (χ4v) is 6.56. The van der Waals surface area contributed by atoms with Crippen molar-refractivity contribution in [2.45, 2.75) is 177 Å². The largest absolute Gasteiger partial charge is 0.480 e. The molecular formula is C43H81N9O9. The molecule has 0 aliphatic carbocycles. The average molecular weight is 868 g/mol. The molecule has 0 aromatic rings. The number of hydrogen-bond acceptors (Lipinski definition) is 10. The van der Waals surface area contributed by atoms with Crippen molar-refractivity contribution in [2.75, 3.05) is 13.1 Å². The predicted molar refractivity (Wildman–Crippen MR) is 235 cm³/mol. The van der Waals surface area contributed by atoms with Crippen LogP contribution in [0.4, 0.5) is 0 Å². The van der Waals surface area contributed by atoms with Crippen LogP contribution in [0, 0.1) is 35.5 Å². The van der Waals surface area contributed by atoms with Gasteiger partial charge in [-0.1, -0.05) is 89.5 Å². The van der Waals surface area contributed by atoms with Crippen LogP contribution < -0.4 is 48.7 Å². The summed E-state index contributed by atoms with van der Waals surface area (Å²) in [6, 6.07) is -7.47. The molecule has 0 unspecified atom stereocenters. The number of carbonyl (C=O) groups excluding carboxylic acids is 7. The van der Waals surface area contributed by atoms with Crippen molar-refractivity contribution in [3.8, 4) is 0 Å². The number of amides is 7. The summed E-state index contributed by atoms with van der Waals surface area (Å²) >= 11 is 0. The second-order valence-corrected chi connectivity index (χ2v) is 18.4. The number of carboxylic acid groups (broad SMARTS) is 1. The van der Waals surface area contributed by atoms with E-state index in [0.717, 1.165) is 0 Å². The Morgan fingerprint density at radius 1 is 0.508 bits per heavy atom. The van der Waals surface area contributed by atoms with Crippen LogP contribution in [-0.4, -0.2) is 108 Å². The highest BCUT2D eigenvalue weighted by Gasteiger charge is 2.35. The molecule has 0 aliphatic rings. The zero-order valence-corrected chi connectivity index (χ0v) is 38.9. The molecule has 352 valence electrons. The highest BCUT2D eigenvalue weighted by Crippen LogP contribution is 2.14. The first-order chi connectivity index (χ1) is 28.3. The van der Waals surface area contributed by atoms with Gasteiger partial charge in [-0.3, -0.25) is 33.6 Å². The van der Waals surface area contributed by atoms with Crippen molar-refractivity contribution in [2.24, 2.45) is 47.0 Å². The summed E-state index contributed by atoms with van der Waals surface area (Å²) in [6.07, 6.45) is 2.73. The van der Waals surface area contributed by atoms with Crippen LogP contribution in [-0.2, 0) is 38.4 Å². The lowest BCUT2D eigenvalue weighted by Gasteiger charge is -2.30. The van der Waals surface area contributed by atoms with E-state index in [1.807, 2.05) is 62.3 Å². The molecule has 0 spiro atoms. The molecular weight excluding hydrogens is 787 g/mol. The topological polar surface area (TPSA) is 293 Å². The summed E-state index contributed by atoms with van der Waals surface area (Å²) in [5.41, 5.74) is 11.6. The first-order valence-electron chi connectivity index (χ1n) is 22.1. The number of aliphatic carboxylic acids is 1. The Balaban J connectivity index is 6.32. The summed E-state index contributed by atoms with van der Waals surface area (Å²) < 4.78 is 0. The molecule has 0 saturated heterocycles. The Hall–Kier alpha value is -4.32. The molecule has 7 amide bonds. The van der Waals surface area contributed by atoms with Crippen molar-refractivity contribution in [1.29, 1.82) is 0 Å². The molecule has 0 rings (SSSR count). The van der Waals surface area contributed by atoms with Gasteiger partial charge >= 0.3 is 5.97 Å². The first-order valence-corrected chi connectivity index (χ1v) is 22.1. The van der Waals surface area contributed by atoms with E-state index in [-0.39, 0.29) is 55.3 Å². The molecule has 8 atom stereocenters. The van der Waals surface area contributed by atoms with E-state index in [9.17, 15) is 43.5 Å². The molecule has 0 aromatic carbocycles. The highest BCUT2D eigenvalue weighted by molar-refractivity contribution is 5.97. The number of rotatable bonds is 30. The Bertz CT molecular complexity index is 1420. The summed E-state index contributed by atoms with van der Waals surface area (Å²) in [5.74, 6) is -6.37. The van der Waals surface area contributed by atoms with Gasteiger partial charge in [0.05, 0.1) is 12.6 Å². The van der Waals surface area contributed by atoms with Gasteiger partial charge in [0.1, 0.15) is 36.3 Å². The van der Waals surface area contributed by atoms with E-state index >= 15 is 0 Å². The van der Waals surface area contributed by atoms with Crippen molar-refractivity contribution in [1.82, 2.24) is 37.2 Å². The quantitative estimate of drug-likeness (QED) is 0.0461. The molecule has 18 nitrogen and oxygen atoms in total. The molecule has 18 heteroatoms. The van der Waals surface area contributed by atoms with Crippen LogP contribution in [0.5, 0.6) is 0 Å². The molecule has 0 saturated carbocycles. The standard InChI is InChI=1S/C43H81N9O9/c1-13-28(12)36(51-34(53)22-46-37(54)29(45)18-23(2)3)42(59)50-33(21-26(8)9)41(58)49-32(20-25(6)7)40(57)48-31(19-24(4)5)39(56)47-30(16-14-15-17-44)38(55)52-35(27(10)11)43(60)61/h23-33,35-36H,13-22,44-45H2,1-12H3,(H,46,54)(H,47,56)(H,48,57)(H,49,58)(H,50,59)(H,51,53)(H,52,55)(H,60,61)/t28-,29-,30-,31-,32-,33-,35-,36-/m0/s1. The zero-order chi connectivity index (χ0) is 47.1. The molecule has 0 radical (unpaired) electrons. The number of nitrogens with one attached hydrogen (secondary N) is 7. The van der Waals surface area contributed by atoms with E-state index in [1.54, 1.807) is 20.8 Å². The van der Waals surface area contributed by atoms with Gasteiger partial charge in [0.25, 0.3) is 0 Å². The third-order valence-electron chi connectivity index (χ3n) is 10.1. The maximum absolute atomic E-state index is 14.0. The van der Waals surface area contributed by atoms with Crippen molar-refractivity contribution >= 4 is 47.3 Å². The second kappa shape index (κ2) is 29.1. The van der Waals surface area contributed by atoms with Crippen LogP contribution in [0.2, 0.25) is 0 Å². The van der Waals surface area contributed by atoms with E-state index in [1.165, 1.54) is 0 Å². The highest BCUT2D eigenvalue weighted by atomic mass is 16.4. The van der Waals surface area contributed by atoms with Gasteiger partial charge in [-0.05, 0) is 87.0 Å². The monoisotopic (exact) mass is 868 g/mol. The van der Waals surface area contributed by atoms with Crippen LogP contribution >= 0.6 is 0 Å². The third-order valence-corrected chi connectivity index (χ3v) is 10.1. The fraction of sp³-hybridized carbons (Fsp3) is 0.814. The summed E-state index contributed by atoms with van der Waals surface area (Å²) in [5, 5.41) is 28.5. The Morgan fingerprint density at radius 2 is 0.918 bits per heavy atom. The van der Waals surface area contributed by atoms with Gasteiger partial charge < -0.3 is 53.8 Å². The minimum atomic E-state index is -1.21. The minimum Gasteiger partial charge on any atom is -0.480 e. The summed E-state index contributed by atoms with van der Waals surface area (Å²) in [7, 11) is 0. The molecule has 0 heterocycles. The van der Waals surface area contributed by atoms with Crippen molar-refractivity contribution in [3.05, 3.63) is 0 Å². The van der Waals surface area contributed by atoms with E-state index in [2.05, 4.69) is 37.2 Å². The predicted octanol–water partition coefficient (Wildman–Crippen LogP) is 1.44. The number of carbonyl (C=O) groups is 8. The normalized spacial score (nSPS) is 15.5. The first kappa shape index (κ1) is 56.7. The lowest BCUT2D eigenvalue weighted by atomic mass is 9.96. The Kier molecular flexibility index (Phi) is 27.0. The molecule has 0 aromatic heterocycles. The molecule has 0 bridgehead atoms. The molecule has 61 heavy (non-hydrogen) atoms. The summed E-state index contributed by atoms with van der Waals surface area (Å²) in [6.45, 7) is 21.9. The summed E-state index contributed by atoms with van der Waals surface area (Å²) in [4.78, 5) is 106. The number of hydrogen-bond donors (Lipinski definition) is 10. The number of unbranched alkanes of at least 4 members (excludes halogenated alkanes) is 1. The SMILES string of the molecule is CC[C@H](C)[C@H](NC(=O)CNC(=O)[C@@H](N)CC(C)C)C(=O)N[C@@H](CC(C)C)C(=O)N[C@@H](CC(C)C)C(=O)N[C@@H](CC(C)C)C(=O)N[C@@H](CCCCN)C(=O)N[C@H](C(=O)O)C(C)C. The van der Waals surface area contributed by atoms with E-state index in [0.29, 0.717) is 32.2 Å². The smallest absolute Gasteiger partial charge is 0.326 e. The van der Waals surface area contributed by atoms with Gasteiger partial charge in [-0.15, -0.1) is 0 Å². The third kappa shape index (κ3) is 22.9. The molecule has 12 N–H and O–H groups in total. The van der Waals surface area contributed by atoms with Gasteiger partial charge in [0.2, 0.25) is 41.4 Å². The van der Waals surface area contributed by atoms with Gasteiger partial charge in [0.15, 0.2) is 0 Å². The van der Waals surface area contributed by atoms with Crippen LogP contribution in [0.15, 0.2) is 0 Å². The maximum Gasteiger partial charge on any atom is 0.326 e. The average Bonchev–Trinajstić information content (AvgIpc) is 3.15. The van der Waals surface area contributed by atoms with Gasteiger partial charge in [-0.2, -0.15) is 0 Å². The molecule has 0 fully saturated rings. The molecule has 0 aliphatic heterocycles. The van der Waals surface area contributed by atoms with Crippen molar-refractivity contribution < 1.29 is 43.5 Å². The van der Waals surface area contributed by atoms with Crippen LogP contribution in [0.3, 0.4) is 0 Å². The van der Waals surface area contributed by atoms with Gasteiger partial charge in [-0.25, -0.2) is 4.79 Å². The zero-order valence-electron chi connectivity index (χ0n) is 38.9. The van der Waals surface area contributed by atoms with Gasteiger partial charge in [0, 0.05) is 0 Å². The van der Waals surface area contributed by atoms with Crippen molar-refractivity contribution in [3.63, 3.8) is 0 Å². The van der Waals surface area contributed by atoms with E-state index in [4.69, 9.17) is 11.5 Å². The van der Waals surface area contributed by atoms with E-state index < -0.39 is 102 Å². The Morgan fingerprint density at radius 3 is 1.30 bits per heavy atom. The lowest BCUT2D eigenvalue weighted by Crippen LogP contribution is -2.60. The Labute approximate surface area is 364 Å². The minimum absolute atomic E-state index is 0.0734.